The van der Waals surface area contributed by atoms with Crippen molar-refractivity contribution in [1.29, 1.82) is 5.26 Å². The molecule has 2 rings (SSSR count). The molecule has 100 valence electrons. The second kappa shape index (κ2) is 5.46. The van der Waals surface area contributed by atoms with Gasteiger partial charge in [-0.05, 0) is 44.3 Å². The molecule has 0 aliphatic heterocycles. The lowest BCUT2D eigenvalue weighted by atomic mass is 9.91. The van der Waals surface area contributed by atoms with Crippen molar-refractivity contribution in [3.05, 3.63) is 36.0 Å². The molecule has 1 heterocycles. The monoisotopic (exact) mass is 255 g/mol. The number of hydrogen-bond acceptors (Lipinski definition) is 2. The first kappa shape index (κ1) is 13.6. The first-order valence-corrected chi connectivity index (χ1v) is 6.70. The summed E-state index contributed by atoms with van der Waals surface area (Å²) in [5.41, 5.74) is 2.32. The van der Waals surface area contributed by atoms with Crippen LogP contribution in [0.4, 0.5) is 0 Å². The Labute approximate surface area is 114 Å². The first-order valence-electron chi connectivity index (χ1n) is 6.70. The third-order valence-electron chi connectivity index (χ3n) is 3.52. The third kappa shape index (κ3) is 2.97. The summed E-state index contributed by atoms with van der Waals surface area (Å²) >= 11 is 0. The van der Waals surface area contributed by atoms with E-state index in [1.807, 2.05) is 20.9 Å². The standard InChI is InChI=1S/C16H21N3/c1-16(2,12-17)8-10-19-9-7-13-5-4-6-14(11-18-3)15(13)19/h4-7,9,18H,8,10-11H2,1-3H3. The number of fused-ring (bicyclic) bond motifs is 1. The molecule has 0 fully saturated rings. The number of benzene rings is 1. The van der Waals surface area contributed by atoms with E-state index >= 15 is 0 Å². The Morgan fingerprint density at radius 1 is 1.32 bits per heavy atom. The van der Waals surface area contributed by atoms with Gasteiger partial charge in [0.2, 0.25) is 0 Å². The van der Waals surface area contributed by atoms with E-state index in [0.29, 0.717) is 0 Å². The molecule has 0 aliphatic rings. The van der Waals surface area contributed by atoms with Crippen LogP contribution in [0.5, 0.6) is 0 Å². The summed E-state index contributed by atoms with van der Waals surface area (Å²) < 4.78 is 2.26. The topological polar surface area (TPSA) is 40.8 Å². The average Bonchev–Trinajstić information content (AvgIpc) is 2.81. The predicted octanol–water partition coefficient (Wildman–Crippen LogP) is 3.30. The number of nitrogens with zero attached hydrogens (tertiary/aromatic N) is 2. The molecule has 3 nitrogen and oxygen atoms in total. The zero-order valence-corrected chi connectivity index (χ0v) is 11.9. The van der Waals surface area contributed by atoms with Crippen molar-refractivity contribution in [3.8, 4) is 6.07 Å². The Kier molecular flexibility index (Phi) is 3.92. The number of aromatic nitrogens is 1. The van der Waals surface area contributed by atoms with Gasteiger partial charge in [-0.2, -0.15) is 5.26 Å². The highest BCUT2D eigenvalue weighted by Gasteiger charge is 2.17. The average molecular weight is 255 g/mol. The normalized spacial score (nSPS) is 11.7. The van der Waals surface area contributed by atoms with Crippen LogP contribution < -0.4 is 5.32 Å². The molecule has 1 aromatic carbocycles. The van der Waals surface area contributed by atoms with E-state index in [1.165, 1.54) is 16.5 Å². The summed E-state index contributed by atoms with van der Waals surface area (Å²) in [5, 5.41) is 13.6. The van der Waals surface area contributed by atoms with Crippen molar-refractivity contribution in [2.75, 3.05) is 7.05 Å². The fourth-order valence-electron chi connectivity index (χ4n) is 2.32. The molecule has 0 atom stereocenters. The van der Waals surface area contributed by atoms with Gasteiger partial charge in [0.15, 0.2) is 0 Å². The number of nitrogens with one attached hydrogen (secondary N) is 1. The van der Waals surface area contributed by atoms with Gasteiger partial charge in [-0.25, -0.2) is 0 Å². The summed E-state index contributed by atoms with van der Waals surface area (Å²) in [6.07, 6.45) is 2.98. The molecule has 0 spiro atoms. The van der Waals surface area contributed by atoms with Crippen LogP contribution in [0, 0.1) is 16.7 Å². The van der Waals surface area contributed by atoms with Gasteiger partial charge < -0.3 is 9.88 Å². The number of nitriles is 1. The van der Waals surface area contributed by atoms with Crippen molar-refractivity contribution in [3.63, 3.8) is 0 Å². The second-order valence-corrected chi connectivity index (χ2v) is 5.64. The van der Waals surface area contributed by atoms with Gasteiger partial charge in [-0.3, -0.25) is 0 Å². The maximum Gasteiger partial charge on any atom is 0.0684 e. The maximum absolute atomic E-state index is 9.11. The minimum atomic E-state index is -0.269. The van der Waals surface area contributed by atoms with Gasteiger partial charge in [0.1, 0.15) is 0 Å². The summed E-state index contributed by atoms with van der Waals surface area (Å²) in [6, 6.07) is 10.9. The highest BCUT2D eigenvalue weighted by atomic mass is 15.0. The lowest BCUT2D eigenvalue weighted by Gasteiger charge is -2.16. The second-order valence-electron chi connectivity index (χ2n) is 5.64. The van der Waals surface area contributed by atoms with E-state index in [9.17, 15) is 0 Å². The van der Waals surface area contributed by atoms with Crippen LogP contribution in [-0.4, -0.2) is 11.6 Å². The number of rotatable bonds is 5. The van der Waals surface area contributed by atoms with E-state index in [4.69, 9.17) is 5.26 Å². The molecule has 0 unspecified atom stereocenters. The molecule has 3 heteroatoms. The summed E-state index contributed by atoms with van der Waals surface area (Å²) in [6.45, 7) is 5.73. The Balaban J connectivity index is 2.31. The number of aryl methyl sites for hydroxylation is 1. The lowest BCUT2D eigenvalue weighted by molar-refractivity contribution is 0.417. The highest BCUT2D eigenvalue weighted by Crippen LogP contribution is 2.24. The van der Waals surface area contributed by atoms with E-state index < -0.39 is 0 Å². The Bertz CT molecular complexity index is 602. The van der Waals surface area contributed by atoms with Crippen molar-refractivity contribution in [2.24, 2.45) is 5.41 Å². The summed E-state index contributed by atoms with van der Waals surface area (Å²) in [4.78, 5) is 0. The molecule has 1 aromatic heterocycles. The Morgan fingerprint density at radius 3 is 2.79 bits per heavy atom. The van der Waals surface area contributed by atoms with Crippen LogP contribution >= 0.6 is 0 Å². The minimum Gasteiger partial charge on any atom is -0.347 e. The fraction of sp³-hybridized carbons (Fsp3) is 0.438. The first-order chi connectivity index (χ1) is 9.07. The van der Waals surface area contributed by atoms with Gasteiger partial charge in [0.05, 0.1) is 17.0 Å². The molecule has 0 saturated carbocycles. The molecule has 1 N–H and O–H groups in total. The van der Waals surface area contributed by atoms with Crippen molar-refractivity contribution < 1.29 is 0 Å². The molecule has 0 amide bonds. The largest absolute Gasteiger partial charge is 0.347 e. The van der Waals surface area contributed by atoms with Crippen LogP contribution in [0.2, 0.25) is 0 Å². The van der Waals surface area contributed by atoms with Gasteiger partial charge >= 0.3 is 0 Å². The Hall–Kier alpha value is -1.79. The molecular formula is C16H21N3. The number of para-hydroxylation sites is 1. The number of hydrogen-bond donors (Lipinski definition) is 1. The van der Waals surface area contributed by atoms with Gasteiger partial charge in [-0.15, -0.1) is 0 Å². The Morgan fingerprint density at radius 2 is 2.11 bits per heavy atom. The summed E-state index contributed by atoms with van der Waals surface area (Å²) in [7, 11) is 1.96. The van der Waals surface area contributed by atoms with Crippen molar-refractivity contribution >= 4 is 10.9 Å². The van der Waals surface area contributed by atoms with Crippen LogP contribution in [0.25, 0.3) is 10.9 Å². The van der Waals surface area contributed by atoms with Crippen LogP contribution in [-0.2, 0) is 13.1 Å². The van der Waals surface area contributed by atoms with Crippen molar-refractivity contribution in [2.45, 2.75) is 33.4 Å². The van der Waals surface area contributed by atoms with E-state index in [2.05, 4.69) is 46.4 Å². The molecule has 0 saturated heterocycles. The molecule has 19 heavy (non-hydrogen) atoms. The predicted molar refractivity (Wildman–Crippen MR) is 78.7 cm³/mol. The van der Waals surface area contributed by atoms with Crippen LogP contribution in [0.3, 0.4) is 0 Å². The fourth-order valence-corrected chi connectivity index (χ4v) is 2.32. The van der Waals surface area contributed by atoms with E-state index in [1.54, 1.807) is 0 Å². The molecule has 0 bridgehead atoms. The molecule has 2 aromatic rings. The van der Waals surface area contributed by atoms with Gasteiger partial charge in [-0.1, -0.05) is 18.2 Å². The van der Waals surface area contributed by atoms with Crippen molar-refractivity contribution in [1.82, 2.24) is 9.88 Å². The SMILES string of the molecule is CNCc1cccc2ccn(CCC(C)(C)C#N)c12. The smallest absolute Gasteiger partial charge is 0.0684 e. The lowest BCUT2D eigenvalue weighted by Crippen LogP contribution is -2.13. The zero-order chi connectivity index (χ0) is 13.9. The van der Waals surface area contributed by atoms with Crippen LogP contribution in [0.1, 0.15) is 25.8 Å². The highest BCUT2D eigenvalue weighted by molar-refractivity contribution is 5.83. The summed E-state index contributed by atoms with van der Waals surface area (Å²) in [5.74, 6) is 0. The molecular weight excluding hydrogens is 234 g/mol. The minimum absolute atomic E-state index is 0.269. The molecule has 0 radical (unpaired) electrons. The zero-order valence-electron chi connectivity index (χ0n) is 11.9. The quantitative estimate of drug-likeness (QED) is 0.890. The molecule has 0 aliphatic carbocycles. The van der Waals surface area contributed by atoms with E-state index in [0.717, 1.165) is 19.5 Å². The maximum atomic E-state index is 9.11. The van der Waals surface area contributed by atoms with Crippen LogP contribution in [0.15, 0.2) is 30.5 Å². The van der Waals surface area contributed by atoms with E-state index in [-0.39, 0.29) is 5.41 Å². The van der Waals surface area contributed by atoms with Gasteiger partial charge in [0, 0.05) is 19.3 Å². The third-order valence-corrected chi connectivity index (χ3v) is 3.52. The van der Waals surface area contributed by atoms with Gasteiger partial charge in [0.25, 0.3) is 0 Å².